The minimum Gasteiger partial charge on any atom is -0.392 e. The number of benzene rings is 2. The van der Waals surface area contributed by atoms with E-state index in [2.05, 4.69) is 21.2 Å². The van der Waals surface area contributed by atoms with Gasteiger partial charge in [0, 0.05) is 4.47 Å². The van der Waals surface area contributed by atoms with Crippen LogP contribution in [0.2, 0.25) is 5.02 Å². The summed E-state index contributed by atoms with van der Waals surface area (Å²) < 4.78 is 0.963. The second-order valence-corrected chi connectivity index (χ2v) is 4.84. The first-order chi connectivity index (χ1) is 8.20. The van der Waals surface area contributed by atoms with Crippen molar-refractivity contribution in [2.24, 2.45) is 0 Å². The van der Waals surface area contributed by atoms with Gasteiger partial charge in [-0.15, -0.1) is 0 Å². The zero-order valence-electron chi connectivity index (χ0n) is 8.95. The summed E-state index contributed by atoms with van der Waals surface area (Å²) in [7, 11) is 0. The summed E-state index contributed by atoms with van der Waals surface area (Å²) in [6.45, 7) is 0.00179. The van der Waals surface area contributed by atoms with Crippen LogP contribution in [-0.2, 0) is 6.61 Å². The Hall–Kier alpha value is -1.03. The van der Waals surface area contributed by atoms with Crippen molar-refractivity contribution in [3.8, 4) is 0 Å². The minimum atomic E-state index is 0.00179. The van der Waals surface area contributed by atoms with Crippen LogP contribution in [0.1, 0.15) is 5.56 Å². The van der Waals surface area contributed by atoms with Crippen LogP contribution >= 0.6 is 27.5 Å². The van der Waals surface area contributed by atoms with Gasteiger partial charge in [0.15, 0.2) is 0 Å². The van der Waals surface area contributed by atoms with Crippen molar-refractivity contribution < 1.29 is 5.11 Å². The van der Waals surface area contributed by atoms with Crippen molar-refractivity contribution in [1.82, 2.24) is 0 Å². The summed E-state index contributed by atoms with van der Waals surface area (Å²) in [6, 6.07) is 13.2. The van der Waals surface area contributed by atoms with Gasteiger partial charge < -0.3 is 10.4 Å². The smallest absolute Gasteiger partial charge is 0.0682 e. The molecule has 0 aliphatic carbocycles. The fraction of sp³-hybridized carbons (Fsp3) is 0.0769. The summed E-state index contributed by atoms with van der Waals surface area (Å²) in [4.78, 5) is 0. The Labute approximate surface area is 113 Å². The van der Waals surface area contributed by atoms with Crippen LogP contribution in [0.4, 0.5) is 11.4 Å². The van der Waals surface area contributed by atoms with E-state index >= 15 is 0 Å². The maximum Gasteiger partial charge on any atom is 0.0682 e. The number of aliphatic hydroxyl groups excluding tert-OH is 1. The van der Waals surface area contributed by atoms with Crippen LogP contribution in [0.3, 0.4) is 0 Å². The third kappa shape index (κ3) is 3.00. The van der Waals surface area contributed by atoms with Gasteiger partial charge >= 0.3 is 0 Å². The lowest BCUT2D eigenvalue weighted by molar-refractivity contribution is 0.282. The topological polar surface area (TPSA) is 32.3 Å². The molecule has 2 aromatic carbocycles. The van der Waals surface area contributed by atoms with Crippen LogP contribution in [0.25, 0.3) is 0 Å². The van der Waals surface area contributed by atoms with Crippen LogP contribution in [0.15, 0.2) is 46.9 Å². The zero-order valence-corrected chi connectivity index (χ0v) is 11.3. The molecule has 0 atom stereocenters. The Balaban J connectivity index is 2.32. The minimum absolute atomic E-state index is 0.00179. The normalized spacial score (nSPS) is 10.3. The average Bonchev–Trinajstić information content (AvgIpc) is 2.35. The molecule has 0 saturated carbocycles. The van der Waals surface area contributed by atoms with Crippen molar-refractivity contribution in [1.29, 1.82) is 0 Å². The quantitative estimate of drug-likeness (QED) is 0.883. The predicted octanol–water partition coefficient (Wildman–Crippen LogP) is 4.34. The molecule has 0 aliphatic heterocycles. The molecule has 0 spiro atoms. The molecular formula is C13H11BrClNO. The van der Waals surface area contributed by atoms with E-state index in [9.17, 15) is 0 Å². The molecular weight excluding hydrogens is 302 g/mol. The van der Waals surface area contributed by atoms with E-state index in [4.69, 9.17) is 16.7 Å². The second-order valence-electron chi connectivity index (χ2n) is 3.58. The molecule has 0 aromatic heterocycles. The molecule has 88 valence electrons. The first kappa shape index (κ1) is 12.4. The van der Waals surface area contributed by atoms with E-state index in [1.165, 1.54) is 0 Å². The highest BCUT2D eigenvalue weighted by molar-refractivity contribution is 9.10. The Bertz CT molecular complexity index is 531. The van der Waals surface area contributed by atoms with Crippen LogP contribution in [0.5, 0.6) is 0 Å². The van der Waals surface area contributed by atoms with Gasteiger partial charge in [0.05, 0.1) is 23.0 Å². The molecule has 2 rings (SSSR count). The fourth-order valence-electron chi connectivity index (χ4n) is 1.47. The summed E-state index contributed by atoms with van der Waals surface area (Å²) >= 11 is 9.55. The van der Waals surface area contributed by atoms with E-state index < -0.39 is 0 Å². The van der Waals surface area contributed by atoms with Gasteiger partial charge in [-0.2, -0.15) is 0 Å². The summed E-state index contributed by atoms with van der Waals surface area (Å²) in [5.74, 6) is 0. The lowest BCUT2D eigenvalue weighted by Gasteiger charge is -2.11. The number of halogens is 2. The van der Waals surface area contributed by atoms with Crippen molar-refractivity contribution in [3.05, 3.63) is 57.5 Å². The molecule has 0 fully saturated rings. The second kappa shape index (κ2) is 5.54. The summed E-state index contributed by atoms with van der Waals surface area (Å²) in [6.07, 6.45) is 0. The van der Waals surface area contributed by atoms with Crippen LogP contribution in [0, 0.1) is 0 Å². The molecule has 0 radical (unpaired) electrons. The van der Waals surface area contributed by atoms with Gasteiger partial charge in [-0.05, 0) is 45.8 Å². The number of rotatable bonds is 3. The van der Waals surface area contributed by atoms with Gasteiger partial charge in [-0.1, -0.05) is 29.8 Å². The Morgan fingerprint density at radius 3 is 2.59 bits per heavy atom. The average molecular weight is 313 g/mol. The van der Waals surface area contributed by atoms with E-state index in [1.54, 1.807) is 12.1 Å². The molecule has 0 heterocycles. The van der Waals surface area contributed by atoms with Gasteiger partial charge in [0.25, 0.3) is 0 Å². The highest BCUT2D eigenvalue weighted by Crippen LogP contribution is 2.30. The molecule has 2 N–H and O–H groups in total. The van der Waals surface area contributed by atoms with Crippen molar-refractivity contribution in [2.45, 2.75) is 6.61 Å². The maximum absolute atomic E-state index is 9.09. The lowest BCUT2D eigenvalue weighted by Crippen LogP contribution is -1.94. The van der Waals surface area contributed by atoms with E-state index in [0.29, 0.717) is 5.02 Å². The number of hydrogen-bond acceptors (Lipinski definition) is 2. The Morgan fingerprint density at radius 1 is 1.12 bits per heavy atom. The number of hydrogen-bond donors (Lipinski definition) is 2. The standard InChI is InChI=1S/C13H11BrClNO/c14-10-3-1-2-4-12(10)16-13-7-9(8-17)5-6-11(13)15/h1-7,16-17H,8H2. The molecule has 2 nitrogen and oxygen atoms in total. The lowest BCUT2D eigenvalue weighted by atomic mass is 10.2. The van der Waals surface area contributed by atoms with Crippen molar-refractivity contribution >= 4 is 38.9 Å². The monoisotopic (exact) mass is 311 g/mol. The van der Waals surface area contributed by atoms with E-state index in [0.717, 1.165) is 21.4 Å². The maximum atomic E-state index is 9.09. The van der Waals surface area contributed by atoms with Gasteiger partial charge in [-0.25, -0.2) is 0 Å². The molecule has 4 heteroatoms. The summed E-state index contributed by atoms with van der Waals surface area (Å²) in [5, 5.41) is 12.9. The Kier molecular flexibility index (Phi) is 4.05. The fourth-order valence-corrected chi connectivity index (χ4v) is 2.02. The number of para-hydroxylation sites is 1. The first-order valence-corrected chi connectivity index (χ1v) is 6.28. The predicted molar refractivity (Wildman–Crippen MR) is 74.8 cm³/mol. The molecule has 0 aliphatic rings. The highest BCUT2D eigenvalue weighted by atomic mass is 79.9. The summed E-state index contributed by atoms with van der Waals surface area (Å²) in [5.41, 5.74) is 2.54. The molecule has 0 saturated heterocycles. The molecule has 2 aromatic rings. The van der Waals surface area contributed by atoms with Crippen LogP contribution < -0.4 is 5.32 Å². The van der Waals surface area contributed by atoms with Gasteiger partial charge in [-0.3, -0.25) is 0 Å². The van der Waals surface area contributed by atoms with Crippen molar-refractivity contribution in [3.63, 3.8) is 0 Å². The molecule has 17 heavy (non-hydrogen) atoms. The van der Waals surface area contributed by atoms with E-state index in [-0.39, 0.29) is 6.61 Å². The first-order valence-electron chi connectivity index (χ1n) is 5.11. The van der Waals surface area contributed by atoms with E-state index in [1.807, 2.05) is 30.3 Å². The van der Waals surface area contributed by atoms with Crippen molar-refractivity contribution in [2.75, 3.05) is 5.32 Å². The number of aliphatic hydroxyl groups is 1. The molecule has 0 amide bonds. The number of anilines is 2. The number of nitrogens with one attached hydrogen (secondary N) is 1. The SMILES string of the molecule is OCc1ccc(Cl)c(Nc2ccccc2Br)c1. The zero-order chi connectivity index (χ0) is 12.3. The van der Waals surface area contributed by atoms with Crippen LogP contribution in [-0.4, -0.2) is 5.11 Å². The molecule has 0 unspecified atom stereocenters. The Morgan fingerprint density at radius 2 is 1.88 bits per heavy atom. The third-order valence-corrected chi connectivity index (χ3v) is 3.38. The highest BCUT2D eigenvalue weighted by Gasteiger charge is 2.04. The van der Waals surface area contributed by atoms with Gasteiger partial charge in [0.1, 0.15) is 0 Å². The molecule has 0 bridgehead atoms. The third-order valence-electron chi connectivity index (χ3n) is 2.36. The largest absolute Gasteiger partial charge is 0.392 e. The van der Waals surface area contributed by atoms with Gasteiger partial charge in [0.2, 0.25) is 0 Å².